The summed E-state index contributed by atoms with van der Waals surface area (Å²) in [5.74, 6) is 2.66. The van der Waals surface area contributed by atoms with Crippen molar-refractivity contribution < 1.29 is 23.7 Å². The second-order valence-electron chi connectivity index (χ2n) is 8.24. The van der Waals surface area contributed by atoms with E-state index in [0.717, 1.165) is 30.0 Å². The average molecular weight is 478 g/mol. The van der Waals surface area contributed by atoms with Crippen LogP contribution in [0.25, 0.3) is 0 Å². The number of carbonyl (C=O) groups is 1. The number of nitrogens with zero attached hydrogens (tertiary/aromatic N) is 3. The van der Waals surface area contributed by atoms with Crippen LogP contribution in [0.5, 0.6) is 23.0 Å². The van der Waals surface area contributed by atoms with E-state index < -0.39 is 0 Å². The van der Waals surface area contributed by atoms with Crippen LogP contribution in [0.3, 0.4) is 0 Å². The molecule has 2 aromatic carbocycles. The van der Waals surface area contributed by atoms with E-state index >= 15 is 0 Å². The van der Waals surface area contributed by atoms with Gasteiger partial charge < -0.3 is 23.8 Å². The Morgan fingerprint density at radius 3 is 2.26 bits per heavy atom. The topological polar surface area (TPSA) is 73.4 Å². The maximum absolute atomic E-state index is 13.0. The zero-order valence-electron chi connectivity index (χ0n) is 20.4. The number of pyridine rings is 1. The number of carbonyl (C=O) groups excluding carboxylic acids is 1. The van der Waals surface area contributed by atoms with Gasteiger partial charge in [-0.1, -0.05) is 12.1 Å². The molecule has 0 radical (unpaired) electrons. The van der Waals surface area contributed by atoms with Crippen LogP contribution in [0.2, 0.25) is 0 Å². The van der Waals surface area contributed by atoms with Gasteiger partial charge in [-0.25, -0.2) is 0 Å². The summed E-state index contributed by atoms with van der Waals surface area (Å²) in [6.07, 6.45) is 3.51. The minimum absolute atomic E-state index is 0.0344. The molecule has 3 aromatic rings. The number of rotatable bonds is 9. The molecule has 1 fully saturated rings. The highest BCUT2D eigenvalue weighted by atomic mass is 16.5. The van der Waals surface area contributed by atoms with Crippen molar-refractivity contribution in [3.8, 4) is 23.0 Å². The SMILES string of the molecule is COc1ccc(CN2CCN(C(=O)c3ccc(OCc4cccnc4)cc3)CC2)c(OC)c1OC. The van der Waals surface area contributed by atoms with Crippen molar-refractivity contribution in [3.05, 3.63) is 77.6 Å². The monoisotopic (exact) mass is 477 g/mol. The van der Waals surface area contributed by atoms with Gasteiger partial charge in [-0.3, -0.25) is 14.7 Å². The summed E-state index contributed by atoms with van der Waals surface area (Å²) in [4.78, 5) is 21.3. The highest BCUT2D eigenvalue weighted by Crippen LogP contribution is 2.40. The second kappa shape index (κ2) is 11.6. The van der Waals surface area contributed by atoms with Crippen molar-refractivity contribution in [2.45, 2.75) is 13.2 Å². The fourth-order valence-corrected chi connectivity index (χ4v) is 4.16. The summed E-state index contributed by atoms with van der Waals surface area (Å²) in [7, 11) is 4.84. The maximum Gasteiger partial charge on any atom is 0.253 e. The van der Waals surface area contributed by atoms with Crippen molar-refractivity contribution >= 4 is 5.91 Å². The highest BCUT2D eigenvalue weighted by Gasteiger charge is 2.24. The van der Waals surface area contributed by atoms with Crippen LogP contribution < -0.4 is 18.9 Å². The van der Waals surface area contributed by atoms with E-state index in [9.17, 15) is 4.79 Å². The smallest absolute Gasteiger partial charge is 0.253 e. The maximum atomic E-state index is 13.0. The van der Waals surface area contributed by atoms with Gasteiger partial charge in [0.15, 0.2) is 11.5 Å². The van der Waals surface area contributed by atoms with Gasteiger partial charge in [0.25, 0.3) is 5.91 Å². The van der Waals surface area contributed by atoms with Gasteiger partial charge in [0.1, 0.15) is 12.4 Å². The third-order valence-electron chi connectivity index (χ3n) is 6.07. The Kier molecular flexibility index (Phi) is 8.05. The van der Waals surface area contributed by atoms with E-state index in [1.165, 1.54) is 0 Å². The minimum Gasteiger partial charge on any atom is -0.493 e. The molecule has 0 aliphatic carbocycles. The number of hydrogen-bond acceptors (Lipinski definition) is 7. The van der Waals surface area contributed by atoms with Crippen molar-refractivity contribution in [1.29, 1.82) is 0 Å². The molecule has 1 aliphatic heterocycles. The summed E-state index contributed by atoms with van der Waals surface area (Å²) in [6, 6.07) is 15.0. The number of methoxy groups -OCH3 is 3. The lowest BCUT2D eigenvalue weighted by molar-refractivity contribution is 0.0627. The van der Waals surface area contributed by atoms with Gasteiger partial charge in [-0.2, -0.15) is 0 Å². The van der Waals surface area contributed by atoms with Crippen LogP contribution in [-0.2, 0) is 13.2 Å². The Labute approximate surface area is 206 Å². The molecular formula is C27H31N3O5. The number of aromatic nitrogens is 1. The first-order valence-corrected chi connectivity index (χ1v) is 11.5. The molecule has 0 saturated carbocycles. The number of ether oxygens (including phenoxy) is 4. The van der Waals surface area contributed by atoms with Crippen LogP contribution in [0.1, 0.15) is 21.5 Å². The lowest BCUT2D eigenvalue weighted by atomic mass is 10.1. The molecule has 0 spiro atoms. The summed E-state index contributed by atoms with van der Waals surface area (Å²) < 4.78 is 22.3. The zero-order chi connectivity index (χ0) is 24.6. The Bertz CT molecular complexity index is 1110. The van der Waals surface area contributed by atoms with Crippen LogP contribution in [0.15, 0.2) is 60.9 Å². The summed E-state index contributed by atoms with van der Waals surface area (Å²) in [5, 5.41) is 0. The summed E-state index contributed by atoms with van der Waals surface area (Å²) in [6.45, 7) is 4.01. The molecule has 0 bridgehead atoms. The largest absolute Gasteiger partial charge is 0.493 e. The fraction of sp³-hybridized carbons (Fsp3) is 0.333. The minimum atomic E-state index is 0.0344. The molecule has 184 valence electrons. The fourth-order valence-electron chi connectivity index (χ4n) is 4.16. The molecule has 8 nitrogen and oxygen atoms in total. The van der Waals surface area contributed by atoms with E-state index in [1.54, 1.807) is 33.7 Å². The molecule has 4 rings (SSSR count). The number of benzene rings is 2. The molecule has 0 N–H and O–H groups in total. The van der Waals surface area contributed by atoms with Gasteiger partial charge >= 0.3 is 0 Å². The first-order chi connectivity index (χ1) is 17.1. The molecule has 2 heterocycles. The van der Waals surface area contributed by atoms with E-state index in [2.05, 4.69) is 9.88 Å². The third kappa shape index (κ3) is 5.84. The van der Waals surface area contributed by atoms with E-state index in [0.29, 0.717) is 49.1 Å². The highest BCUT2D eigenvalue weighted by molar-refractivity contribution is 5.94. The predicted molar refractivity (Wildman–Crippen MR) is 132 cm³/mol. The lowest BCUT2D eigenvalue weighted by Crippen LogP contribution is -2.48. The Morgan fingerprint density at radius 2 is 1.63 bits per heavy atom. The molecule has 0 atom stereocenters. The van der Waals surface area contributed by atoms with Gasteiger partial charge in [0.05, 0.1) is 21.3 Å². The van der Waals surface area contributed by atoms with Gasteiger partial charge in [0.2, 0.25) is 5.75 Å². The van der Waals surface area contributed by atoms with Crippen LogP contribution >= 0.6 is 0 Å². The second-order valence-corrected chi connectivity index (χ2v) is 8.24. The van der Waals surface area contributed by atoms with Gasteiger partial charge in [-0.15, -0.1) is 0 Å². The van der Waals surface area contributed by atoms with E-state index in [1.807, 2.05) is 53.4 Å². The molecule has 1 aliphatic rings. The standard InChI is InChI=1S/C27H31N3O5/c1-32-24-11-8-22(25(33-2)26(24)34-3)18-29-13-15-30(16-14-29)27(31)21-6-9-23(10-7-21)35-19-20-5-4-12-28-17-20/h4-12,17H,13-16,18-19H2,1-3H3. The normalized spacial score (nSPS) is 13.9. The molecule has 8 heteroatoms. The zero-order valence-corrected chi connectivity index (χ0v) is 20.4. The average Bonchev–Trinajstić information content (AvgIpc) is 2.92. The van der Waals surface area contributed by atoms with Crippen LogP contribution in [0.4, 0.5) is 0 Å². The molecular weight excluding hydrogens is 446 g/mol. The van der Waals surface area contributed by atoms with Crippen molar-refractivity contribution in [2.75, 3.05) is 47.5 Å². The summed E-state index contributed by atoms with van der Waals surface area (Å²) >= 11 is 0. The van der Waals surface area contributed by atoms with Gasteiger partial charge in [-0.05, 0) is 36.4 Å². The van der Waals surface area contributed by atoms with Crippen LogP contribution in [0, 0.1) is 0 Å². The predicted octanol–water partition coefficient (Wildman–Crippen LogP) is 3.64. The molecule has 35 heavy (non-hydrogen) atoms. The Balaban J connectivity index is 1.31. The first kappa shape index (κ1) is 24.3. The first-order valence-electron chi connectivity index (χ1n) is 11.5. The summed E-state index contributed by atoms with van der Waals surface area (Å²) in [5.41, 5.74) is 2.68. The Morgan fingerprint density at radius 1 is 0.886 bits per heavy atom. The molecule has 1 aromatic heterocycles. The number of piperazine rings is 1. The van der Waals surface area contributed by atoms with E-state index in [-0.39, 0.29) is 5.91 Å². The lowest BCUT2D eigenvalue weighted by Gasteiger charge is -2.35. The number of amides is 1. The van der Waals surface area contributed by atoms with Crippen molar-refractivity contribution in [1.82, 2.24) is 14.8 Å². The van der Waals surface area contributed by atoms with Crippen molar-refractivity contribution in [2.24, 2.45) is 0 Å². The third-order valence-corrected chi connectivity index (χ3v) is 6.07. The van der Waals surface area contributed by atoms with Crippen LogP contribution in [-0.4, -0.2) is 68.2 Å². The van der Waals surface area contributed by atoms with Gasteiger partial charge in [0, 0.05) is 61.8 Å². The molecule has 0 unspecified atom stereocenters. The quantitative estimate of drug-likeness (QED) is 0.466. The van der Waals surface area contributed by atoms with Crippen molar-refractivity contribution in [3.63, 3.8) is 0 Å². The Hall–Kier alpha value is -3.78. The number of hydrogen-bond donors (Lipinski definition) is 0. The molecule has 1 amide bonds. The molecule has 1 saturated heterocycles. The van der Waals surface area contributed by atoms with E-state index in [4.69, 9.17) is 18.9 Å².